The van der Waals surface area contributed by atoms with Crippen molar-refractivity contribution in [1.29, 1.82) is 0 Å². The first-order valence-corrected chi connectivity index (χ1v) is 7.79. The van der Waals surface area contributed by atoms with E-state index in [4.69, 9.17) is 19.1 Å². The van der Waals surface area contributed by atoms with Gasteiger partial charge in [-0.2, -0.15) is 13.2 Å². The molecule has 0 unspecified atom stereocenters. The summed E-state index contributed by atoms with van der Waals surface area (Å²) in [6.07, 6.45) is 2.64. The van der Waals surface area contributed by atoms with E-state index in [9.17, 15) is 13.2 Å². The van der Waals surface area contributed by atoms with E-state index >= 15 is 0 Å². The molecule has 136 valence electrons. The lowest BCUT2D eigenvalue weighted by Crippen LogP contribution is -2.31. The molecular formula is C16H22F3NO4. The zero-order chi connectivity index (χ0) is 17.8. The fourth-order valence-electron chi connectivity index (χ4n) is 3.81. The van der Waals surface area contributed by atoms with E-state index in [0.717, 1.165) is 19.1 Å². The first-order valence-electron chi connectivity index (χ1n) is 7.79. The van der Waals surface area contributed by atoms with Crippen molar-refractivity contribution in [2.24, 2.45) is 11.3 Å². The molecular weight excluding hydrogens is 327 g/mol. The Morgan fingerprint density at radius 1 is 1.54 bits per heavy atom. The Bertz CT molecular complexity index is 532. The number of fused-ring (bicyclic) bond motifs is 1. The van der Waals surface area contributed by atoms with Crippen molar-refractivity contribution in [3.63, 3.8) is 0 Å². The molecule has 0 amide bonds. The van der Waals surface area contributed by atoms with Crippen LogP contribution in [0.1, 0.15) is 24.8 Å². The summed E-state index contributed by atoms with van der Waals surface area (Å²) in [6, 6.07) is 2.07. The zero-order valence-corrected chi connectivity index (χ0v) is 13.5. The van der Waals surface area contributed by atoms with E-state index in [1.807, 2.05) is 13.4 Å². The predicted molar refractivity (Wildman–Crippen MR) is 79.3 cm³/mol. The number of carboxylic acids is 1. The molecule has 1 aromatic rings. The Kier molecular flexibility index (Phi) is 5.92. The second kappa shape index (κ2) is 7.57. The first-order chi connectivity index (χ1) is 11.3. The summed E-state index contributed by atoms with van der Waals surface area (Å²) in [7, 11) is 1.84. The third kappa shape index (κ3) is 4.51. The molecule has 0 spiro atoms. The Labute approximate surface area is 138 Å². The molecule has 1 N–H and O–H groups in total. The van der Waals surface area contributed by atoms with Gasteiger partial charge in [-0.15, -0.1) is 0 Å². The van der Waals surface area contributed by atoms with Crippen LogP contribution in [-0.2, 0) is 16.1 Å². The van der Waals surface area contributed by atoms with Crippen molar-refractivity contribution in [2.75, 3.05) is 26.8 Å². The molecule has 2 atom stereocenters. The summed E-state index contributed by atoms with van der Waals surface area (Å²) in [4.78, 5) is 11.5. The largest absolute Gasteiger partial charge is 0.490 e. The van der Waals surface area contributed by atoms with Crippen LogP contribution in [0.3, 0.4) is 0 Å². The number of hydrogen-bond acceptors (Lipinski definition) is 4. The van der Waals surface area contributed by atoms with E-state index < -0.39 is 12.1 Å². The highest BCUT2D eigenvalue weighted by molar-refractivity contribution is 5.73. The molecule has 5 nitrogen and oxygen atoms in total. The Balaban J connectivity index is 0.000000256. The van der Waals surface area contributed by atoms with Crippen molar-refractivity contribution < 1.29 is 32.2 Å². The predicted octanol–water partition coefficient (Wildman–Crippen LogP) is 3.16. The summed E-state index contributed by atoms with van der Waals surface area (Å²) < 4.78 is 42.3. The number of nitrogens with zero attached hydrogens (tertiary/aromatic N) is 1. The van der Waals surface area contributed by atoms with Crippen LogP contribution < -0.4 is 0 Å². The van der Waals surface area contributed by atoms with Gasteiger partial charge in [0.25, 0.3) is 0 Å². The lowest BCUT2D eigenvalue weighted by atomic mass is 9.82. The highest BCUT2D eigenvalue weighted by Gasteiger charge is 2.49. The lowest BCUT2D eigenvalue weighted by molar-refractivity contribution is -0.192. The minimum atomic E-state index is -5.08. The number of halogens is 3. The normalized spacial score (nSPS) is 26.8. The molecule has 0 radical (unpaired) electrons. The molecule has 2 heterocycles. The van der Waals surface area contributed by atoms with Gasteiger partial charge in [0.15, 0.2) is 0 Å². The summed E-state index contributed by atoms with van der Waals surface area (Å²) in [5.41, 5.74) is 1.73. The van der Waals surface area contributed by atoms with Crippen LogP contribution in [0.5, 0.6) is 0 Å². The van der Waals surface area contributed by atoms with E-state index in [2.05, 4.69) is 11.0 Å². The number of rotatable bonds is 4. The summed E-state index contributed by atoms with van der Waals surface area (Å²) >= 11 is 0. The molecule has 1 aliphatic carbocycles. The van der Waals surface area contributed by atoms with Crippen molar-refractivity contribution in [3.05, 3.63) is 24.2 Å². The van der Waals surface area contributed by atoms with Crippen molar-refractivity contribution in [2.45, 2.75) is 32.0 Å². The summed E-state index contributed by atoms with van der Waals surface area (Å²) in [5, 5.41) is 7.12. The van der Waals surface area contributed by atoms with Crippen LogP contribution in [0, 0.1) is 11.3 Å². The number of alkyl halides is 3. The van der Waals surface area contributed by atoms with Crippen LogP contribution >= 0.6 is 0 Å². The maximum Gasteiger partial charge on any atom is 0.490 e. The molecule has 2 aliphatic rings. The van der Waals surface area contributed by atoms with E-state index in [1.54, 1.807) is 6.26 Å². The maximum absolute atomic E-state index is 10.6. The van der Waals surface area contributed by atoms with Crippen LogP contribution in [0.4, 0.5) is 13.2 Å². The molecule has 0 aromatic carbocycles. The van der Waals surface area contributed by atoms with Crippen molar-refractivity contribution >= 4 is 5.97 Å². The Morgan fingerprint density at radius 3 is 2.79 bits per heavy atom. The van der Waals surface area contributed by atoms with Gasteiger partial charge in [0.1, 0.15) is 0 Å². The van der Waals surface area contributed by atoms with E-state index in [0.29, 0.717) is 5.41 Å². The number of hydrogen-bond donors (Lipinski definition) is 1. The highest BCUT2D eigenvalue weighted by atomic mass is 19.4. The maximum atomic E-state index is 10.6. The third-order valence-electron chi connectivity index (χ3n) is 4.77. The number of carbonyl (C=O) groups is 1. The standard InChI is InChI=1S/C14H21NO2.C2HF3O2/c1-16-11-14-5-2-3-13(14)8-15(10-14)7-12-4-6-17-9-12;3-2(4,5)1(6)7/h4,6,9,13H,2-3,5,7-8,10-11H2,1H3;(H,6,7)/t13-,14+;/m1./s1. The zero-order valence-electron chi connectivity index (χ0n) is 13.5. The van der Waals surface area contributed by atoms with Gasteiger partial charge < -0.3 is 14.3 Å². The minimum absolute atomic E-state index is 0.443. The number of furan rings is 1. The number of carboxylic acid groups (broad SMARTS) is 1. The Hall–Kier alpha value is -1.54. The van der Waals surface area contributed by atoms with Crippen LogP contribution in [-0.4, -0.2) is 49.0 Å². The second-order valence-electron chi connectivity index (χ2n) is 6.49. The number of likely N-dealkylation sites (tertiary alicyclic amines) is 1. The number of ether oxygens (including phenoxy) is 1. The molecule has 1 aliphatic heterocycles. The van der Waals surface area contributed by atoms with Crippen LogP contribution in [0.15, 0.2) is 23.0 Å². The van der Waals surface area contributed by atoms with Gasteiger partial charge in [-0.25, -0.2) is 4.79 Å². The quantitative estimate of drug-likeness (QED) is 0.905. The van der Waals surface area contributed by atoms with Gasteiger partial charge in [-0.1, -0.05) is 6.42 Å². The minimum Gasteiger partial charge on any atom is -0.475 e. The summed E-state index contributed by atoms with van der Waals surface area (Å²) in [6.45, 7) is 4.38. The van der Waals surface area contributed by atoms with E-state index in [-0.39, 0.29) is 0 Å². The van der Waals surface area contributed by atoms with Crippen LogP contribution in [0.25, 0.3) is 0 Å². The van der Waals surface area contributed by atoms with E-state index in [1.165, 1.54) is 37.9 Å². The topological polar surface area (TPSA) is 62.9 Å². The molecule has 3 rings (SSSR count). The molecule has 8 heteroatoms. The van der Waals surface area contributed by atoms with Gasteiger partial charge >= 0.3 is 12.1 Å². The molecule has 2 fully saturated rings. The fraction of sp³-hybridized carbons (Fsp3) is 0.688. The van der Waals surface area contributed by atoms with Gasteiger partial charge in [-0.05, 0) is 24.8 Å². The number of methoxy groups -OCH3 is 1. The average molecular weight is 349 g/mol. The van der Waals surface area contributed by atoms with Gasteiger partial charge in [0.2, 0.25) is 0 Å². The Morgan fingerprint density at radius 2 is 2.25 bits per heavy atom. The highest BCUT2D eigenvalue weighted by Crippen LogP contribution is 2.49. The second-order valence-corrected chi connectivity index (χ2v) is 6.49. The van der Waals surface area contributed by atoms with Gasteiger partial charge in [-0.3, -0.25) is 4.90 Å². The van der Waals surface area contributed by atoms with Crippen molar-refractivity contribution in [3.8, 4) is 0 Å². The van der Waals surface area contributed by atoms with Gasteiger partial charge in [0.05, 0.1) is 19.1 Å². The summed E-state index contributed by atoms with van der Waals surface area (Å²) in [5.74, 6) is -1.91. The fourth-order valence-corrected chi connectivity index (χ4v) is 3.81. The smallest absolute Gasteiger partial charge is 0.475 e. The van der Waals surface area contributed by atoms with Crippen molar-refractivity contribution in [1.82, 2.24) is 4.90 Å². The SMILES string of the molecule is COC[C@@]12CCC[C@@H]1CN(Cc1ccoc1)C2.O=C(O)C(F)(F)F. The average Bonchev–Trinajstić information content (AvgIpc) is 3.15. The number of aliphatic carboxylic acids is 1. The van der Waals surface area contributed by atoms with Gasteiger partial charge in [0, 0.05) is 37.7 Å². The molecule has 1 saturated carbocycles. The molecule has 1 saturated heterocycles. The molecule has 0 bridgehead atoms. The lowest BCUT2D eigenvalue weighted by Gasteiger charge is -2.27. The molecule has 1 aromatic heterocycles. The first kappa shape index (κ1) is 18.8. The molecule has 24 heavy (non-hydrogen) atoms. The van der Waals surface area contributed by atoms with Crippen LogP contribution in [0.2, 0.25) is 0 Å². The third-order valence-corrected chi connectivity index (χ3v) is 4.77. The monoisotopic (exact) mass is 349 g/mol.